The Balaban J connectivity index is 2.08. The monoisotopic (exact) mass is 260 g/mol. The summed E-state index contributed by atoms with van der Waals surface area (Å²) in [5, 5.41) is 15.2. The van der Waals surface area contributed by atoms with Crippen LogP contribution in [0.1, 0.15) is 26.4 Å². The minimum Gasteiger partial charge on any atom is -0.477 e. The van der Waals surface area contributed by atoms with E-state index in [2.05, 4.69) is 15.2 Å². The van der Waals surface area contributed by atoms with Crippen LogP contribution < -0.4 is 0 Å². The van der Waals surface area contributed by atoms with E-state index >= 15 is 0 Å². The summed E-state index contributed by atoms with van der Waals surface area (Å²) in [6.45, 7) is 0.413. The van der Waals surface area contributed by atoms with Crippen LogP contribution in [0.5, 0.6) is 0 Å². The fourth-order valence-electron chi connectivity index (χ4n) is 1.58. The lowest BCUT2D eigenvalue weighted by molar-refractivity contribution is 0.0688. The van der Waals surface area contributed by atoms with Crippen molar-refractivity contribution in [3.05, 3.63) is 47.5 Å². The third kappa shape index (κ3) is 2.95. The molecule has 0 atom stereocenters. The Hall–Kier alpha value is -2.70. The van der Waals surface area contributed by atoms with E-state index in [-0.39, 0.29) is 11.6 Å². The van der Waals surface area contributed by atoms with E-state index in [4.69, 9.17) is 5.11 Å². The highest BCUT2D eigenvalue weighted by molar-refractivity contribution is 5.94. The molecule has 0 fully saturated rings. The number of pyridine rings is 1. The number of aromatic carboxylic acids is 1. The summed E-state index contributed by atoms with van der Waals surface area (Å²) in [6.07, 6.45) is 4.60. The summed E-state index contributed by atoms with van der Waals surface area (Å²) in [6, 6.07) is 2.76. The van der Waals surface area contributed by atoms with Crippen molar-refractivity contribution in [3.63, 3.8) is 0 Å². The van der Waals surface area contributed by atoms with Crippen LogP contribution in [-0.2, 0) is 6.54 Å². The average molecular weight is 260 g/mol. The van der Waals surface area contributed by atoms with E-state index in [1.807, 2.05) is 0 Å². The minimum atomic E-state index is -1.12. The second kappa shape index (κ2) is 5.30. The molecule has 1 amide bonds. The number of carbonyl (C=O) groups is 2. The summed E-state index contributed by atoms with van der Waals surface area (Å²) in [7, 11) is 1.65. The molecule has 0 unspecified atom stereocenters. The van der Waals surface area contributed by atoms with Crippen molar-refractivity contribution >= 4 is 11.9 Å². The maximum Gasteiger partial charge on any atom is 0.354 e. The van der Waals surface area contributed by atoms with Gasteiger partial charge in [-0.05, 0) is 12.1 Å². The molecular formula is C12H12N4O3. The number of carbonyl (C=O) groups excluding carboxylic acids is 1. The van der Waals surface area contributed by atoms with Crippen molar-refractivity contribution in [2.75, 3.05) is 7.05 Å². The van der Waals surface area contributed by atoms with Crippen LogP contribution in [-0.4, -0.2) is 44.1 Å². The Kier molecular flexibility index (Phi) is 3.56. The van der Waals surface area contributed by atoms with Crippen LogP contribution in [0.4, 0.5) is 0 Å². The molecule has 19 heavy (non-hydrogen) atoms. The smallest absolute Gasteiger partial charge is 0.354 e. The van der Waals surface area contributed by atoms with Gasteiger partial charge in [-0.3, -0.25) is 9.89 Å². The Morgan fingerprint density at radius 3 is 2.68 bits per heavy atom. The summed E-state index contributed by atoms with van der Waals surface area (Å²) in [4.78, 5) is 27.9. The van der Waals surface area contributed by atoms with Gasteiger partial charge in [0.2, 0.25) is 0 Å². The van der Waals surface area contributed by atoms with Crippen LogP contribution in [0.15, 0.2) is 30.7 Å². The third-order valence-electron chi connectivity index (χ3n) is 2.55. The number of hydrogen-bond donors (Lipinski definition) is 2. The molecule has 7 nitrogen and oxygen atoms in total. The second-order valence-electron chi connectivity index (χ2n) is 4.01. The quantitative estimate of drug-likeness (QED) is 0.846. The molecule has 2 aromatic heterocycles. The maximum atomic E-state index is 12.1. The molecule has 2 heterocycles. The number of nitrogens with zero attached hydrogens (tertiary/aromatic N) is 3. The molecule has 98 valence electrons. The minimum absolute atomic E-state index is 0.0889. The molecule has 0 radical (unpaired) electrons. The van der Waals surface area contributed by atoms with Gasteiger partial charge in [0.15, 0.2) is 0 Å². The molecular weight excluding hydrogens is 248 g/mol. The summed E-state index contributed by atoms with van der Waals surface area (Å²) < 4.78 is 0. The molecule has 2 aromatic rings. The first-order valence-electron chi connectivity index (χ1n) is 5.50. The molecule has 2 N–H and O–H groups in total. The number of aromatic nitrogens is 3. The molecule has 0 bridgehead atoms. The van der Waals surface area contributed by atoms with E-state index in [0.29, 0.717) is 12.1 Å². The van der Waals surface area contributed by atoms with E-state index in [0.717, 1.165) is 5.56 Å². The second-order valence-corrected chi connectivity index (χ2v) is 4.01. The highest BCUT2D eigenvalue weighted by Crippen LogP contribution is 2.07. The lowest BCUT2D eigenvalue weighted by atomic mass is 10.2. The third-order valence-corrected chi connectivity index (χ3v) is 2.55. The van der Waals surface area contributed by atoms with Gasteiger partial charge in [0, 0.05) is 31.5 Å². The number of carboxylic acid groups (broad SMARTS) is 1. The molecule has 0 spiro atoms. The molecule has 0 aliphatic heterocycles. The van der Waals surface area contributed by atoms with E-state index < -0.39 is 5.97 Å². The lowest BCUT2D eigenvalue weighted by Gasteiger charge is -2.15. The van der Waals surface area contributed by atoms with Gasteiger partial charge in [-0.2, -0.15) is 5.10 Å². The number of hydrogen-bond acceptors (Lipinski definition) is 4. The van der Waals surface area contributed by atoms with Gasteiger partial charge >= 0.3 is 5.97 Å². The van der Waals surface area contributed by atoms with E-state index in [1.165, 1.54) is 23.2 Å². The first-order chi connectivity index (χ1) is 9.08. The molecule has 0 aliphatic carbocycles. The van der Waals surface area contributed by atoms with Crippen LogP contribution in [0.3, 0.4) is 0 Å². The molecule has 0 saturated carbocycles. The summed E-state index contributed by atoms with van der Waals surface area (Å²) >= 11 is 0. The average Bonchev–Trinajstić information content (AvgIpc) is 2.90. The molecule has 0 aliphatic rings. The highest BCUT2D eigenvalue weighted by atomic mass is 16.4. The van der Waals surface area contributed by atoms with Gasteiger partial charge in [0.1, 0.15) is 5.69 Å². The SMILES string of the molecule is CN(Cc1cn[nH]c1)C(=O)c1ccc(C(=O)O)nc1. The predicted molar refractivity (Wildman–Crippen MR) is 65.6 cm³/mol. The van der Waals surface area contributed by atoms with Gasteiger partial charge < -0.3 is 10.0 Å². The number of amides is 1. The van der Waals surface area contributed by atoms with E-state index in [9.17, 15) is 9.59 Å². The predicted octanol–water partition coefficient (Wildman–Crippen LogP) is 0.775. The first kappa shape index (κ1) is 12.7. The summed E-state index contributed by atoms with van der Waals surface area (Å²) in [5.41, 5.74) is 1.14. The molecule has 0 aromatic carbocycles. The zero-order valence-electron chi connectivity index (χ0n) is 10.2. The van der Waals surface area contributed by atoms with Gasteiger partial charge in [-0.1, -0.05) is 0 Å². The van der Waals surface area contributed by atoms with Crippen molar-refractivity contribution in [2.24, 2.45) is 0 Å². The maximum absolute atomic E-state index is 12.1. The molecule has 0 saturated heterocycles. The van der Waals surface area contributed by atoms with Gasteiger partial charge in [-0.15, -0.1) is 0 Å². The highest BCUT2D eigenvalue weighted by Gasteiger charge is 2.14. The fraction of sp³-hybridized carbons (Fsp3) is 0.167. The van der Waals surface area contributed by atoms with Crippen molar-refractivity contribution in [1.29, 1.82) is 0 Å². The van der Waals surface area contributed by atoms with Gasteiger partial charge in [0.05, 0.1) is 11.8 Å². The van der Waals surface area contributed by atoms with Gasteiger partial charge in [-0.25, -0.2) is 9.78 Å². The van der Waals surface area contributed by atoms with Gasteiger partial charge in [0.25, 0.3) is 5.91 Å². The molecule has 7 heteroatoms. The largest absolute Gasteiger partial charge is 0.477 e. The number of aromatic amines is 1. The standard InChI is InChI=1S/C12H12N4O3/c1-16(7-8-4-14-15-5-8)11(17)9-2-3-10(12(18)19)13-6-9/h2-6H,7H2,1H3,(H,14,15)(H,18,19). The number of rotatable bonds is 4. The Morgan fingerprint density at radius 1 is 1.37 bits per heavy atom. The number of H-pyrrole nitrogens is 1. The van der Waals surface area contributed by atoms with Crippen molar-refractivity contribution in [3.8, 4) is 0 Å². The number of carboxylic acids is 1. The normalized spacial score (nSPS) is 10.2. The fourth-order valence-corrected chi connectivity index (χ4v) is 1.58. The van der Waals surface area contributed by atoms with Crippen molar-refractivity contribution in [2.45, 2.75) is 6.54 Å². The Bertz CT molecular complexity index is 578. The van der Waals surface area contributed by atoms with Crippen LogP contribution in [0, 0.1) is 0 Å². The first-order valence-corrected chi connectivity index (χ1v) is 5.50. The lowest BCUT2D eigenvalue weighted by Crippen LogP contribution is -2.26. The topological polar surface area (TPSA) is 99.2 Å². The Morgan fingerprint density at radius 2 is 2.16 bits per heavy atom. The number of nitrogens with one attached hydrogen (secondary N) is 1. The van der Waals surface area contributed by atoms with Crippen molar-refractivity contribution < 1.29 is 14.7 Å². The molecule has 2 rings (SSSR count). The summed E-state index contributed by atoms with van der Waals surface area (Å²) in [5.74, 6) is -1.35. The van der Waals surface area contributed by atoms with E-state index in [1.54, 1.807) is 19.4 Å². The van der Waals surface area contributed by atoms with Crippen LogP contribution in [0.25, 0.3) is 0 Å². The zero-order chi connectivity index (χ0) is 13.8. The van der Waals surface area contributed by atoms with Crippen molar-refractivity contribution in [1.82, 2.24) is 20.1 Å². The zero-order valence-corrected chi connectivity index (χ0v) is 10.2. The van der Waals surface area contributed by atoms with Crippen LogP contribution >= 0.6 is 0 Å². The Labute approximate surface area is 108 Å². The van der Waals surface area contributed by atoms with Crippen LogP contribution in [0.2, 0.25) is 0 Å².